The fourth-order valence-corrected chi connectivity index (χ4v) is 3.73. The first kappa shape index (κ1) is 16.9. The third kappa shape index (κ3) is 3.15. The number of nitrogens with zero attached hydrogens (tertiary/aromatic N) is 2. The molecule has 4 rings (SSSR count). The van der Waals surface area contributed by atoms with Crippen molar-refractivity contribution in [2.24, 2.45) is 5.92 Å². The topological polar surface area (TPSA) is 44.1 Å². The summed E-state index contributed by atoms with van der Waals surface area (Å²) in [4.78, 5) is 17.7. The molecule has 26 heavy (non-hydrogen) atoms. The van der Waals surface area contributed by atoms with E-state index in [1.165, 1.54) is 12.1 Å². The molecule has 134 valence electrons. The smallest absolute Gasteiger partial charge is 0.261 e. The number of rotatable bonds is 3. The molecule has 2 aromatic carbocycles. The van der Waals surface area contributed by atoms with Crippen molar-refractivity contribution >= 4 is 10.9 Å². The van der Waals surface area contributed by atoms with E-state index >= 15 is 0 Å². The van der Waals surface area contributed by atoms with Crippen LogP contribution in [0.1, 0.15) is 18.7 Å². The second kappa shape index (κ2) is 7.00. The van der Waals surface area contributed by atoms with Crippen LogP contribution in [0.5, 0.6) is 0 Å². The molecular weight excluding hydrogens is 331 g/mol. The molecule has 4 nitrogen and oxygen atoms in total. The summed E-state index contributed by atoms with van der Waals surface area (Å²) in [6.45, 7) is 1.39. The highest BCUT2D eigenvalue weighted by molar-refractivity contribution is 5.83. The summed E-state index contributed by atoms with van der Waals surface area (Å²) in [5.74, 6) is 1.01. The van der Waals surface area contributed by atoms with Crippen LogP contribution in [0.15, 0.2) is 47.3 Å². The molecule has 1 aliphatic rings. The van der Waals surface area contributed by atoms with Crippen LogP contribution in [0.25, 0.3) is 22.0 Å². The number of aryl methyl sites for hydroxylation is 1. The summed E-state index contributed by atoms with van der Waals surface area (Å²) in [6.07, 6.45) is 2.66. The van der Waals surface area contributed by atoms with Crippen LogP contribution in [-0.2, 0) is 17.7 Å². The van der Waals surface area contributed by atoms with Gasteiger partial charge in [-0.3, -0.25) is 9.36 Å². The van der Waals surface area contributed by atoms with E-state index in [1.807, 2.05) is 18.2 Å². The standard InChI is InChI=1S/C21H21FN2O2/c1-26-13-14-5-8-20-23-19-12-16(15-3-2-4-17(22)11-15)6-7-18(19)21(25)24(20)10-9-14/h2-4,6-7,11-12,14H,5,8-10,13H2,1H3. The summed E-state index contributed by atoms with van der Waals surface area (Å²) in [5, 5.41) is 0.610. The molecule has 1 aromatic heterocycles. The lowest BCUT2D eigenvalue weighted by molar-refractivity contribution is 0.143. The van der Waals surface area contributed by atoms with Crippen molar-refractivity contribution in [2.75, 3.05) is 13.7 Å². The average molecular weight is 352 g/mol. The van der Waals surface area contributed by atoms with E-state index in [0.717, 1.165) is 36.2 Å². The first-order valence-corrected chi connectivity index (χ1v) is 8.94. The normalized spacial score (nSPS) is 17.1. The Morgan fingerprint density at radius 2 is 2.04 bits per heavy atom. The molecule has 0 amide bonds. The van der Waals surface area contributed by atoms with E-state index in [9.17, 15) is 9.18 Å². The molecule has 0 saturated heterocycles. The van der Waals surface area contributed by atoms with Crippen molar-refractivity contribution < 1.29 is 9.13 Å². The molecule has 1 atom stereocenters. The van der Waals surface area contributed by atoms with E-state index in [4.69, 9.17) is 9.72 Å². The molecule has 0 aliphatic carbocycles. The first-order valence-electron chi connectivity index (χ1n) is 8.94. The van der Waals surface area contributed by atoms with Gasteiger partial charge in [0.1, 0.15) is 11.6 Å². The number of hydrogen-bond donors (Lipinski definition) is 0. The molecule has 0 radical (unpaired) electrons. The highest BCUT2D eigenvalue weighted by Crippen LogP contribution is 2.25. The van der Waals surface area contributed by atoms with Crippen LogP contribution in [0.3, 0.4) is 0 Å². The van der Waals surface area contributed by atoms with Crippen LogP contribution in [0.2, 0.25) is 0 Å². The molecule has 0 bridgehead atoms. The Morgan fingerprint density at radius 1 is 1.19 bits per heavy atom. The molecule has 1 unspecified atom stereocenters. The third-order valence-electron chi connectivity index (χ3n) is 5.13. The zero-order valence-corrected chi connectivity index (χ0v) is 14.7. The predicted octanol–water partition coefficient (Wildman–Crippen LogP) is 3.80. The molecular formula is C21H21FN2O2. The fraction of sp³-hybridized carbons (Fsp3) is 0.333. The van der Waals surface area contributed by atoms with Crippen molar-refractivity contribution in [2.45, 2.75) is 25.8 Å². The van der Waals surface area contributed by atoms with Crippen LogP contribution < -0.4 is 5.56 Å². The molecule has 0 fully saturated rings. The van der Waals surface area contributed by atoms with Crippen LogP contribution in [0, 0.1) is 11.7 Å². The van der Waals surface area contributed by atoms with Crippen molar-refractivity contribution in [1.29, 1.82) is 0 Å². The van der Waals surface area contributed by atoms with Gasteiger partial charge in [0.2, 0.25) is 0 Å². The summed E-state index contributed by atoms with van der Waals surface area (Å²) in [6, 6.07) is 12.0. The van der Waals surface area contributed by atoms with E-state index in [-0.39, 0.29) is 11.4 Å². The van der Waals surface area contributed by atoms with Crippen molar-refractivity contribution in [1.82, 2.24) is 9.55 Å². The minimum atomic E-state index is -0.276. The number of halogens is 1. The van der Waals surface area contributed by atoms with Crippen LogP contribution in [-0.4, -0.2) is 23.3 Å². The quantitative estimate of drug-likeness (QED) is 0.720. The maximum Gasteiger partial charge on any atom is 0.261 e. The summed E-state index contributed by atoms with van der Waals surface area (Å²) in [7, 11) is 1.71. The van der Waals surface area contributed by atoms with Crippen LogP contribution in [0.4, 0.5) is 4.39 Å². The number of aromatic nitrogens is 2. The second-order valence-electron chi connectivity index (χ2n) is 6.88. The van der Waals surface area contributed by atoms with Gasteiger partial charge in [-0.05, 0) is 54.2 Å². The maximum absolute atomic E-state index is 13.5. The summed E-state index contributed by atoms with van der Waals surface area (Å²) in [5.41, 5.74) is 2.32. The molecule has 1 aliphatic heterocycles. The molecule has 0 spiro atoms. The van der Waals surface area contributed by atoms with Gasteiger partial charge >= 0.3 is 0 Å². The van der Waals surface area contributed by atoms with Gasteiger partial charge in [-0.1, -0.05) is 18.2 Å². The monoisotopic (exact) mass is 352 g/mol. The first-order chi connectivity index (χ1) is 12.7. The molecule has 3 aromatic rings. The second-order valence-corrected chi connectivity index (χ2v) is 6.88. The maximum atomic E-state index is 13.5. The Hall–Kier alpha value is -2.53. The van der Waals surface area contributed by atoms with E-state index < -0.39 is 0 Å². The van der Waals surface area contributed by atoms with E-state index in [2.05, 4.69) is 0 Å². The van der Waals surface area contributed by atoms with Gasteiger partial charge in [0.15, 0.2) is 0 Å². The zero-order chi connectivity index (χ0) is 18.1. The number of hydrogen-bond acceptors (Lipinski definition) is 3. The minimum Gasteiger partial charge on any atom is -0.384 e. The molecule has 2 heterocycles. The molecule has 0 saturated carbocycles. The Kier molecular flexibility index (Phi) is 4.55. The Labute approximate surface area is 151 Å². The largest absolute Gasteiger partial charge is 0.384 e. The van der Waals surface area contributed by atoms with Gasteiger partial charge in [-0.15, -0.1) is 0 Å². The van der Waals surface area contributed by atoms with E-state index in [0.29, 0.717) is 30.0 Å². The third-order valence-corrected chi connectivity index (χ3v) is 5.13. The highest BCUT2D eigenvalue weighted by atomic mass is 19.1. The van der Waals surface area contributed by atoms with Crippen LogP contribution >= 0.6 is 0 Å². The lowest BCUT2D eigenvalue weighted by Gasteiger charge is -2.11. The van der Waals surface area contributed by atoms with Gasteiger partial charge in [0, 0.05) is 26.7 Å². The number of fused-ring (bicyclic) bond motifs is 2. The Balaban J connectivity index is 1.78. The van der Waals surface area contributed by atoms with Crippen molar-refractivity contribution in [3.63, 3.8) is 0 Å². The number of benzene rings is 2. The zero-order valence-electron chi connectivity index (χ0n) is 14.7. The van der Waals surface area contributed by atoms with Crippen molar-refractivity contribution in [3.05, 3.63) is 64.5 Å². The van der Waals surface area contributed by atoms with Gasteiger partial charge in [0.25, 0.3) is 5.56 Å². The van der Waals surface area contributed by atoms with Gasteiger partial charge in [-0.2, -0.15) is 0 Å². The lowest BCUT2D eigenvalue weighted by Crippen LogP contribution is -2.24. The van der Waals surface area contributed by atoms with E-state index in [1.54, 1.807) is 23.8 Å². The predicted molar refractivity (Wildman–Crippen MR) is 99.7 cm³/mol. The molecule has 0 N–H and O–H groups in total. The highest BCUT2D eigenvalue weighted by Gasteiger charge is 2.19. The Bertz CT molecular complexity index is 1010. The Morgan fingerprint density at radius 3 is 2.85 bits per heavy atom. The SMILES string of the molecule is COCC1CCc2nc3cc(-c4cccc(F)c4)ccc3c(=O)n2CC1. The fourth-order valence-electron chi connectivity index (χ4n) is 3.73. The van der Waals surface area contributed by atoms with Gasteiger partial charge in [0.05, 0.1) is 10.9 Å². The average Bonchev–Trinajstić information content (AvgIpc) is 2.85. The van der Waals surface area contributed by atoms with Crippen molar-refractivity contribution in [3.8, 4) is 11.1 Å². The number of methoxy groups -OCH3 is 1. The molecule has 5 heteroatoms. The summed E-state index contributed by atoms with van der Waals surface area (Å²) < 4.78 is 20.6. The number of ether oxygens (including phenoxy) is 1. The van der Waals surface area contributed by atoms with Gasteiger partial charge < -0.3 is 4.74 Å². The van der Waals surface area contributed by atoms with Gasteiger partial charge in [-0.25, -0.2) is 9.37 Å². The minimum absolute atomic E-state index is 0.00820. The lowest BCUT2D eigenvalue weighted by atomic mass is 10.0. The summed E-state index contributed by atoms with van der Waals surface area (Å²) >= 11 is 0.